The third-order valence-electron chi connectivity index (χ3n) is 5.55. The molecule has 0 unspecified atom stereocenters. The Morgan fingerprint density at radius 1 is 0.871 bits per heavy atom. The number of ether oxygens (including phenoxy) is 2. The lowest BCUT2D eigenvalue weighted by molar-refractivity contribution is 0.0693. The van der Waals surface area contributed by atoms with Crippen molar-refractivity contribution in [2.45, 2.75) is 44.8 Å². The van der Waals surface area contributed by atoms with Gasteiger partial charge >= 0.3 is 5.97 Å². The van der Waals surface area contributed by atoms with E-state index in [2.05, 4.69) is 18.2 Å². The van der Waals surface area contributed by atoms with Gasteiger partial charge in [-0.3, -0.25) is 0 Å². The van der Waals surface area contributed by atoms with Gasteiger partial charge in [-0.2, -0.15) is 0 Å². The standard InChI is InChI=1S/C26H26O5/c27-25-13-12-22(16-24(25)26(28)29)30-17-18-6-4-7-19(14-18)20-8-5-11-23(15-20)31-21-9-2-1-3-10-21/h4-8,11-16,21,27H,1-3,9-10,17H2,(H,28,29). The number of carboxylic acid groups (broad SMARTS) is 1. The summed E-state index contributed by atoms with van der Waals surface area (Å²) in [7, 11) is 0. The number of aromatic hydroxyl groups is 1. The van der Waals surface area contributed by atoms with Gasteiger partial charge in [0.1, 0.15) is 29.4 Å². The zero-order valence-corrected chi connectivity index (χ0v) is 17.3. The smallest absolute Gasteiger partial charge is 0.339 e. The van der Waals surface area contributed by atoms with Crippen LogP contribution in [0.25, 0.3) is 11.1 Å². The summed E-state index contributed by atoms with van der Waals surface area (Å²) in [5.41, 5.74) is 2.92. The molecule has 5 nitrogen and oxygen atoms in total. The van der Waals surface area contributed by atoms with Crippen LogP contribution in [0.4, 0.5) is 0 Å². The molecule has 3 aromatic carbocycles. The van der Waals surface area contributed by atoms with E-state index >= 15 is 0 Å². The summed E-state index contributed by atoms with van der Waals surface area (Å²) in [6.45, 7) is 0.288. The summed E-state index contributed by atoms with van der Waals surface area (Å²) in [6, 6.07) is 20.4. The van der Waals surface area contributed by atoms with Gasteiger partial charge in [0.25, 0.3) is 0 Å². The molecule has 0 saturated heterocycles. The molecule has 0 aromatic heterocycles. The quantitative estimate of drug-likeness (QED) is 0.489. The first-order valence-corrected chi connectivity index (χ1v) is 10.6. The highest BCUT2D eigenvalue weighted by atomic mass is 16.5. The maximum atomic E-state index is 11.2. The van der Waals surface area contributed by atoms with Crippen molar-refractivity contribution in [1.82, 2.24) is 0 Å². The topological polar surface area (TPSA) is 76.0 Å². The fourth-order valence-electron chi connectivity index (χ4n) is 3.91. The number of phenols is 1. The molecule has 0 radical (unpaired) electrons. The Labute approximate surface area is 181 Å². The Morgan fingerprint density at radius 3 is 2.39 bits per heavy atom. The third kappa shape index (κ3) is 5.37. The number of rotatable bonds is 7. The second-order valence-electron chi connectivity index (χ2n) is 7.88. The maximum absolute atomic E-state index is 11.2. The predicted molar refractivity (Wildman–Crippen MR) is 119 cm³/mol. The zero-order valence-electron chi connectivity index (χ0n) is 17.3. The molecule has 4 rings (SSSR count). The highest BCUT2D eigenvalue weighted by Crippen LogP contribution is 2.29. The van der Waals surface area contributed by atoms with Gasteiger partial charge in [-0.15, -0.1) is 0 Å². The lowest BCUT2D eigenvalue weighted by Gasteiger charge is -2.23. The average molecular weight is 418 g/mol. The molecular weight excluding hydrogens is 392 g/mol. The van der Waals surface area contributed by atoms with E-state index in [0.29, 0.717) is 11.9 Å². The molecule has 0 amide bonds. The van der Waals surface area contributed by atoms with Crippen molar-refractivity contribution >= 4 is 5.97 Å². The van der Waals surface area contributed by atoms with Gasteiger partial charge in [0, 0.05) is 0 Å². The molecule has 1 aliphatic carbocycles. The summed E-state index contributed by atoms with van der Waals surface area (Å²) < 4.78 is 12.0. The highest BCUT2D eigenvalue weighted by Gasteiger charge is 2.15. The van der Waals surface area contributed by atoms with Crippen molar-refractivity contribution in [3.8, 4) is 28.4 Å². The lowest BCUT2D eigenvalue weighted by atomic mass is 9.97. The second kappa shape index (κ2) is 9.56. The minimum absolute atomic E-state index is 0.180. The largest absolute Gasteiger partial charge is 0.507 e. The molecule has 160 valence electrons. The van der Waals surface area contributed by atoms with E-state index in [9.17, 15) is 9.90 Å². The molecular formula is C26H26O5. The molecule has 5 heteroatoms. The SMILES string of the molecule is O=C(O)c1cc(OCc2cccc(-c3cccc(OC4CCCCC4)c3)c2)ccc1O. The Hall–Kier alpha value is -3.47. The van der Waals surface area contributed by atoms with Gasteiger partial charge in [0.15, 0.2) is 0 Å². The minimum Gasteiger partial charge on any atom is -0.507 e. The van der Waals surface area contributed by atoms with Crippen LogP contribution in [0.3, 0.4) is 0 Å². The number of carboxylic acids is 1. The molecule has 0 aliphatic heterocycles. The van der Waals surface area contributed by atoms with Crippen LogP contribution in [-0.2, 0) is 6.61 Å². The van der Waals surface area contributed by atoms with Gasteiger partial charge in [-0.05, 0) is 78.8 Å². The monoisotopic (exact) mass is 418 g/mol. The first-order valence-electron chi connectivity index (χ1n) is 10.6. The van der Waals surface area contributed by atoms with Crippen molar-refractivity contribution in [2.75, 3.05) is 0 Å². The first-order chi connectivity index (χ1) is 15.1. The van der Waals surface area contributed by atoms with Crippen LogP contribution < -0.4 is 9.47 Å². The van der Waals surface area contributed by atoms with E-state index < -0.39 is 5.97 Å². The summed E-state index contributed by atoms with van der Waals surface area (Å²) in [6.07, 6.45) is 6.33. The fraction of sp³-hybridized carbons (Fsp3) is 0.269. The van der Waals surface area contributed by atoms with Crippen LogP contribution in [-0.4, -0.2) is 22.3 Å². The van der Waals surface area contributed by atoms with Crippen molar-refractivity contribution in [3.05, 3.63) is 77.9 Å². The highest BCUT2D eigenvalue weighted by molar-refractivity contribution is 5.91. The summed E-state index contributed by atoms with van der Waals surface area (Å²) in [5.74, 6) is -0.183. The predicted octanol–water partition coefficient (Wildman–Crippen LogP) is 6.05. The molecule has 1 fully saturated rings. The molecule has 1 aliphatic rings. The summed E-state index contributed by atoms with van der Waals surface area (Å²) in [4.78, 5) is 11.2. The van der Waals surface area contributed by atoms with Crippen LogP contribution in [0.2, 0.25) is 0 Å². The Balaban J connectivity index is 1.45. The van der Waals surface area contributed by atoms with E-state index in [1.54, 1.807) is 6.07 Å². The summed E-state index contributed by atoms with van der Waals surface area (Å²) in [5, 5.41) is 18.8. The lowest BCUT2D eigenvalue weighted by Crippen LogP contribution is -2.19. The third-order valence-corrected chi connectivity index (χ3v) is 5.55. The summed E-state index contributed by atoms with van der Waals surface area (Å²) >= 11 is 0. The molecule has 0 heterocycles. The normalized spacial score (nSPS) is 14.2. The van der Waals surface area contributed by atoms with Gasteiger partial charge in [0.05, 0.1) is 6.10 Å². The number of benzene rings is 3. The van der Waals surface area contributed by atoms with Gasteiger partial charge < -0.3 is 19.7 Å². The molecule has 31 heavy (non-hydrogen) atoms. The Bertz CT molecular complexity index is 1050. The van der Waals surface area contributed by atoms with Crippen LogP contribution in [0.15, 0.2) is 66.7 Å². The molecule has 1 saturated carbocycles. The molecule has 0 bridgehead atoms. The first kappa shape index (κ1) is 20.8. The molecule has 2 N–H and O–H groups in total. The van der Waals surface area contributed by atoms with Crippen molar-refractivity contribution in [3.63, 3.8) is 0 Å². The van der Waals surface area contributed by atoms with E-state index in [1.165, 1.54) is 31.4 Å². The van der Waals surface area contributed by atoms with Crippen LogP contribution >= 0.6 is 0 Å². The van der Waals surface area contributed by atoms with E-state index in [-0.39, 0.29) is 17.9 Å². The van der Waals surface area contributed by atoms with Gasteiger partial charge in [-0.25, -0.2) is 4.79 Å². The van der Waals surface area contributed by atoms with Crippen molar-refractivity contribution in [2.24, 2.45) is 0 Å². The number of hydrogen-bond donors (Lipinski definition) is 2. The second-order valence-corrected chi connectivity index (χ2v) is 7.88. The van der Waals surface area contributed by atoms with Gasteiger partial charge in [0.2, 0.25) is 0 Å². The van der Waals surface area contributed by atoms with E-state index in [0.717, 1.165) is 35.3 Å². The zero-order chi connectivity index (χ0) is 21.6. The number of carbonyl (C=O) groups is 1. The maximum Gasteiger partial charge on any atom is 0.339 e. The number of aromatic carboxylic acids is 1. The Morgan fingerprint density at radius 2 is 1.61 bits per heavy atom. The molecule has 3 aromatic rings. The minimum atomic E-state index is -1.19. The van der Waals surface area contributed by atoms with Crippen LogP contribution in [0.5, 0.6) is 17.2 Å². The van der Waals surface area contributed by atoms with E-state index in [1.807, 2.05) is 30.3 Å². The van der Waals surface area contributed by atoms with Crippen molar-refractivity contribution in [1.29, 1.82) is 0 Å². The fourth-order valence-corrected chi connectivity index (χ4v) is 3.91. The van der Waals surface area contributed by atoms with E-state index in [4.69, 9.17) is 14.6 Å². The van der Waals surface area contributed by atoms with Crippen molar-refractivity contribution < 1.29 is 24.5 Å². The molecule has 0 atom stereocenters. The Kier molecular flexibility index (Phi) is 6.41. The van der Waals surface area contributed by atoms with Crippen LogP contribution in [0, 0.1) is 0 Å². The molecule has 0 spiro atoms. The van der Waals surface area contributed by atoms with Crippen LogP contribution in [0.1, 0.15) is 48.0 Å². The average Bonchev–Trinajstić information content (AvgIpc) is 2.79. The van der Waals surface area contributed by atoms with Gasteiger partial charge in [-0.1, -0.05) is 36.8 Å². The number of hydrogen-bond acceptors (Lipinski definition) is 4.